The fourth-order valence-corrected chi connectivity index (χ4v) is 2.74. The van der Waals surface area contributed by atoms with Gasteiger partial charge in [0.05, 0.1) is 11.8 Å². The molecule has 1 fully saturated rings. The second-order valence-corrected chi connectivity index (χ2v) is 5.50. The highest BCUT2D eigenvalue weighted by molar-refractivity contribution is 9.10. The van der Waals surface area contributed by atoms with Gasteiger partial charge in [-0.05, 0) is 24.6 Å². The van der Waals surface area contributed by atoms with Crippen molar-refractivity contribution in [1.82, 2.24) is 10.2 Å². The van der Waals surface area contributed by atoms with Crippen LogP contribution in [0.3, 0.4) is 0 Å². The lowest BCUT2D eigenvalue weighted by Gasteiger charge is -2.15. The maximum absolute atomic E-state index is 9.53. The smallest absolute Gasteiger partial charge is 0.151 e. The van der Waals surface area contributed by atoms with Gasteiger partial charge in [0.25, 0.3) is 0 Å². The average molecular weight is 320 g/mol. The normalized spacial score (nSPS) is 18.8. The third-order valence-corrected chi connectivity index (χ3v) is 3.98. The van der Waals surface area contributed by atoms with Crippen molar-refractivity contribution >= 4 is 21.7 Å². The van der Waals surface area contributed by atoms with E-state index in [0.29, 0.717) is 6.54 Å². The number of hydrogen-bond donors (Lipinski definition) is 1. The molecule has 0 amide bonds. The Morgan fingerprint density at radius 1 is 1.16 bits per heavy atom. The summed E-state index contributed by atoms with van der Waals surface area (Å²) < 4.78 is 1.01. The van der Waals surface area contributed by atoms with Crippen LogP contribution in [0.1, 0.15) is 6.42 Å². The summed E-state index contributed by atoms with van der Waals surface area (Å²) in [5, 5.41) is 18.1. The van der Waals surface area contributed by atoms with Crippen LogP contribution in [0, 0.1) is 0 Å². The summed E-state index contributed by atoms with van der Waals surface area (Å²) in [6, 6.07) is 11.9. The molecule has 1 aromatic heterocycles. The molecule has 19 heavy (non-hydrogen) atoms. The van der Waals surface area contributed by atoms with Gasteiger partial charge in [-0.3, -0.25) is 0 Å². The lowest BCUT2D eigenvalue weighted by molar-refractivity contribution is 0.198. The van der Waals surface area contributed by atoms with E-state index in [0.717, 1.165) is 34.5 Å². The summed E-state index contributed by atoms with van der Waals surface area (Å²) in [5.74, 6) is 0.826. The van der Waals surface area contributed by atoms with E-state index in [1.54, 1.807) is 0 Å². The van der Waals surface area contributed by atoms with Gasteiger partial charge < -0.3 is 10.0 Å². The van der Waals surface area contributed by atoms with Gasteiger partial charge in [0, 0.05) is 23.1 Å². The fraction of sp³-hybridized carbons (Fsp3) is 0.286. The number of halogens is 1. The number of aliphatic hydroxyl groups excluding tert-OH is 1. The number of benzene rings is 1. The molecule has 2 aromatic rings. The van der Waals surface area contributed by atoms with Gasteiger partial charge in [0.1, 0.15) is 0 Å². The van der Waals surface area contributed by atoms with E-state index in [1.165, 1.54) is 0 Å². The summed E-state index contributed by atoms with van der Waals surface area (Å²) in [7, 11) is 0. The van der Waals surface area contributed by atoms with Gasteiger partial charge in [0.2, 0.25) is 0 Å². The highest BCUT2D eigenvalue weighted by Gasteiger charge is 2.21. The zero-order valence-electron chi connectivity index (χ0n) is 10.3. The monoisotopic (exact) mass is 319 g/mol. The number of anilines is 1. The van der Waals surface area contributed by atoms with E-state index in [2.05, 4.69) is 31.0 Å². The molecular weight excluding hydrogens is 306 g/mol. The van der Waals surface area contributed by atoms with Crippen LogP contribution >= 0.6 is 15.9 Å². The first-order valence-electron chi connectivity index (χ1n) is 6.25. The number of rotatable bonds is 2. The van der Waals surface area contributed by atoms with Gasteiger partial charge in [-0.25, -0.2) is 0 Å². The fourth-order valence-electron chi connectivity index (χ4n) is 2.26. The quantitative estimate of drug-likeness (QED) is 0.923. The summed E-state index contributed by atoms with van der Waals surface area (Å²) >= 11 is 3.51. The van der Waals surface area contributed by atoms with Crippen molar-refractivity contribution < 1.29 is 5.11 Å². The maximum Gasteiger partial charge on any atom is 0.151 e. The molecule has 0 aliphatic carbocycles. The zero-order chi connectivity index (χ0) is 13.2. The Bertz CT molecular complexity index is 573. The van der Waals surface area contributed by atoms with E-state index in [-0.39, 0.29) is 6.10 Å². The first kappa shape index (κ1) is 12.6. The van der Waals surface area contributed by atoms with E-state index >= 15 is 0 Å². The predicted molar refractivity (Wildman–Crippen MR) is 78.0 cm³/mol. The molecule has 1 aliphatic heterocycles. The molecule has 1 aliphatic rings. The van der Waals surface area contributed by atoms with E-state index in [4.69, 9.17) is 0 Å². The maximum atomic E-state index is 9.53. The Morgan fingerprint density at radius 3 is 2.63 bits per heavy atom. The van der Waals surface area contributed by atoms with Crippen LogP contribution in [0.4, 0.5) is 5.82 Å². The van der Waals surface area contributed by atoms with Crippen molar-refractivity contribution in [3.8, 4) is 11.3 Å². The van der Waals surface area contributed by atoms with Crippen LogP contribution < -0.4 is 4.90 Å². The molecule has 2 heterocycles. The standard InChI is InChI=1S/C14H14BrN3O/c15-12-4-2-1-3-11(12)13-5-6-14(17-16-13)18-8-7-10(19)9-18/h1-6,10,19H,7-9H2. The molecule has 1 N–H and O–H groups in total. The number of aromatic nitrogens is 2. The number of β-amino-alcohol motifs (C(OH)–C–C–N with tert-alkyl or cyclic N) is 1. The Balaban J connectivity index is 1.85. The van der Waals surface area contributed by atoms with Crippen molar-refractivity contribution in [2.75, 3.05) is 18.0 Å². The third-order valence-electron chi connectivity index (χ3n) is 3.29. The van der Waals surface area contributed by atoms with E-state index in [1.807, 2.05) is 36.4 Å². The number of aliphatic hydroxyl groups is 1. The topological polar surface area (TPSA) is 49.2 Å². The van der Waals surface area contributed by atoms with Gasteiger partial charge in [-0.2, -0.15) is 0 Å². The Hall–Kier alpha value is -1.46. The van der Waals surface area contributed by atoms with Crippen LogP contribution in [0.25, 0.3) is 11.3 Å². The predicted octanol–water partition coefficient (Wildman–Crippen LogP) is 2.48. The summed E-state index contributed by atoms with van der Waals surface area (Å²) in [5.41, 5.74) is 1.87. The Morgan fingerprint density at radius 2 is 2.00 bits per heavy atom. The molecule has 3 rings (SSSR count). The largest absolute Gasteiger partial charge is 0.391 e. The molecule has 98 valence electrons. The SMILES string of the molecule is OC1CCN(c2ccc(-c3ccccc3Br)nn2)C1. The van der Waals surface area contributed by atoms with Crippen LogP contribution in [-0.2, 0) is 0 Å². The molecule has 0 spiro atoms. The van der Waals surface area contributed by atoms with Gasteiger partial charge >= 0.3 is 0 Å². The molecule has 1 saturated heterocycles. The average Bonchev–Trinajstić information content (AvgIpc) is 2.86. The molecule has 0 saturated carbocycles. The molecule has 4 nitrogen and oxygen atoms in total. The molecule has 0 bridgehead atoms. The Kier molecular flexibility index (Phi) is 3.48. The molecule has 5 heteroatoms. The lowest BCUT2D eigenvalue weighted by Crippen LogP contribution is -2.22. The van der Waals surface area contributed by atoms with Crippen LogP contribution in [0.2, 0.25) is 0 Å². The lowest BCUT2D eigenvalue weighted by atomic mass is 10.1. The molecule has 1 aromatic carbocycles. The van der Waals surface area contributed by atoms with Crippen molar-refractivity contribution in [2.24, 2.45) is 0 Å². The van der Waals surface area contributed by atoms with Crippen molar-refractivity contribution in [3.05, 3.63) is 40.9 Å². The molecule has 1 atom stereocenters. The number of hydrogen-bond acceptors (Lipinski definition) is 4. The second kappa shape index (κ2) is 5.27. The van der Waals surface area contributed by atoms with Crippen LogP contribution in [0.5, 0.6) is 0 Å². The minimum absolute atomic E-state index is 0.246. The summed E-state index contributed by atoms with van der Waals surface area (Å²) in [6.07, 6.45) is 0.554. The second-order valence-electron chi connectivity index (χ2n) is 4.65. The summed E-state index contributed by atoms with van der Waals surface area (Å²) in [6.45, 7) is 1.48. The van der Waals surface area contributed by atoms with Gasteiger partial charge in [-0.1, -0.05) is 34.1 Å². The highest BCUT2D eigenvalue weighted by atomic mass is 79.9. The van der Waals surface area contributed by atoms with Crippen molar-refractivity contribution in [3.63, 3.8) is 0 Å². The number of nitrogens with zero attached hydrogens (tertiary/aromatic N) is 3. The first-order chi connectivity index (χ1) is 9.24. The highest BCUT2D eigenvalue weighted by Crippen LogP contribution is 2.27. The van der Waals surface area contributed by atoms with E-state index in [9.17, 15) is 5.11 Å². The van der Waals surface area contributed by atoms with Gasteiger partial charge in [-0.15, -0.1) is 10.2 Å². The van der Waals surface area contributed by atoms with Crippen LogP contribution in [-0.4, -0.2) is 34.5 Å². The zero-order valence-corrected chi connectivity index (χ0v) is 11.9. The first-order valence-corrected chi connectivity index (χ1v) is 7.05. The van der Waals surface area contributed by atoms with Crippen molar-refractivity contribution in [1.29, 1.82) is 0 Å². The summed E-state index contributed by atoms with van der Waals surface area (Å²) in [4.78, 5) is 2.06. The molecular formula is C14H14BrN3O. The minimum atomic E-state index is -0.246. The molecule has 1 unspecified atom stereocenters. The molecule has 0 radical (unpaired) electrons. The van der Waals surface area contributed by atoms with Crippen LogP contribution in [0.15, 0.2) is 40.9 Å². The Labute approximate surface area is 120 Å². The van der Waals surface area contributed by atoms with Crippen molar-refractivity contribution in [2.45, 2.75) is 12.5 Å². The van der Waals surface area contributed by atoms with Gasteiger partial charge in [0.15, 0.2) is 5.82 Å². The van der Waals surface area contributed by atoms with E-state index < -0.39 is 0 Å². The minimum Gasteiger partial charge on any atom is -0.391 e. The third kappa shape index (κ3) is 2.62.